The van der Waals surface area contributed by atoms with Gasteiger partial charge in [-0.1, -0.05) is 6.07 Å². The van der Waals surface area contributed by atoms with Gasteiger partial charge in [0.1, 0.15) is 11.6 Å². The van der Waals surface area contributed by atoms with Crippen LogP contribution in [0.2, 0.25) is 0 Å². The SMILES string of the molecule is Cc1nc(Nc2cc(CC(=O)Nc3cccc(F)c3)[nH]n2)nc(OCCCN(C)C)n1. The van der Waals surface area contributed by atoms with Crippen LogP contribution in [0.25, 0.3) is 0 Å². The van der Waals surface area contributed by atoms with Crippen LogP contribution in [0.4, 0.5) is 21.8 Å². The van der Waals surface area contributed by atoms with E-state index >= 15 is 0 Å². The summed E-state index contributed by atoms with van der Waals surface area (Å²) in [7, 11) is 4.00. The normalized spacial score (nSPS) is 10.9. The van der Waals surface area contributed by atoms with E-state index in [1.54, 1.807) is 19.1 Å². The van der Waals surface area contributed by atoms with Crippen molar-refractivity contribution < 1.29 is 13.9 Å². The van der Waals surface area contributed by atoms with Crippen LogP contribution >= 0.6 is 0 Å². The molecule has 0 spiro atoms. The van der Waals surface area contributed by atoms with Gasteiger partial charge in [-0.2, -0.15) is 20.1 Å². The maximum absolute atomic E-state index is 13.2. The molecule has 0 aliphatic rings. The van der Waals surface area contributed by atoms with E-state index in [9.17, 15) is 9.18 Å². The lowest BCUT2D eigenvalue weighted by Crippen LogP contribution is -2.16. The number of carbonyl (C=O) groups is 1. The van der Waals surface area contributed by atoms with Crippen molar-refractivity contribution in [3.63, 3.8) is 0 Å². The molecule has 3 aromatic rings. The van der Waals surface area contributed by atoms with Crippen LogP contribution in [0.1, 0.15) is 17.9 Å². The Hall–Kier alpha value is -3.60. The Morgan fingerprint density at radius 1 is 1.23 bits per heavy atom. The molecule has 0 bridgehead atoms. The molecule has 1 amide bonds. The second kappa shape index (κ2) is 10.4. The van der Waals surface area contributed by atoms with Crippen molar-refractivity contribution in [2.24, 2.45) is 0 Å². The molecule has 3 N–H and O–H groups in total. The number of rotatable bonds is 10. The van der Waals surface area contributed by atoms with Crippen LogP contribution in [-0.4, -0.2) is 63.2 Å². The van der Waals surface area contributed by atoms with Crippen molar-refractivity contribution in [1.29, 1.82) is 0 Å². The highest BCUT2D eigenvalue weighted by Gasteiger charge is 2.11. The van der Waals surface area contributed by atoms with E-state index in [2.05, 4.69) is 40.7 Å². The molecule has 0 radical (unpaired) electrons. The van der Waals surface area contributed by atoms with Gasteiger partial charge < -0.3 is 20.3 Å². The fraction of sp³-hybridized carbons (Fsp3) is 0.350. The van der Waals surface area contributed by atoms with Crippen LogP contribution in [-0.2, 0) is 11.2 Å². The Balaban J connectivity index is 1.55. The zero-order chi connectivity index (χ0) is 22.2. The fourth-order valence-corrected chi connectivity index (χ4v) is 2.70. The van der Waals surface area contributed by atoms with E-state index in [1.807, 2.05) is 14.1 Å². The lowest BCUT2D eigenvalue weighted by atomic mass is 10.2. The van der Waals surface area contributed by atoms with Gasteiger partial charge in [-0.3, -0.25) is 9.89 Å². The maximum Gasteiger partial charge on any atom is 0.321 e. The Labute approximate surface area is 179 Å². The van der Waals surface area contributed by atoms with Gasteiger partial charge in [0.2, 0.25) is 11.9 Å². The maximum atomic E-state index is 13.2. The number of nitrogens with zero attached hydrogens (tertiary/aromatic N) is 5. The van der Waals surface area contributed by atoms with Gasteiger partial charge in [0.25, 0.3) is 0 Å². The summed E-state index contributed by atoms with van der Waals surface area (Å²) < 4.78 is 18.8. The van der Waals surface area contributed by atoms with Gasteiger partial charge in [0.15, 0.2) is 5.82 Å². The van der Waals surface area contributed by atoms with E-state index < -0.39 is 5.82 Å². The monoisotopic (exact) mass is 428 g/mol. The predicted molar refractivity (Wildman–Crippen MR) is 114 cm³/mol. The van der Waals surface area contributed by atoms with E-state index in [-0.39, 0.29) is 24.3 Å². The van der Waals surface area contributed by atoms with Crippen LogP contribution in [0.5, 0.6) is 6.01 Å². The highest BCUT2D eigenvalue weighted by molar-refractivity contribution is 5.92. The standard InChI is InChI=1S/C20H25FN8O2/c1-13-22-19(26-20(23-13)31-9-5-8-29(2)3)25-17-11-16(27-28-17)12-18(30)24-15-7-4-6-14(21)10-15/h4,6-7,10-11H,5,8-9,12H2,1-3H3,(H,24,30)(H2,22,23,25,26,27,28). The van der Waals surface area contributed by atoms with Crippen molar-refractivity contribution >= 4 is 23.4 Å². The summed E-state index contributed by atoms with van der Waals surface area (Å²) in [5, 5.41) is 12.5. The highest BCUT2D eigenvalue weighted by atomic mass is 19.1. The number of halogens is 1. The number of hydrogen-bond acceptors (Lipinski definition) is 8. The van der Waals surface area contributed by atoms with Gasteiger partial charge in [-0.15, -0.1) is 0 Å². The smallest absolute Gasteiger partial charge is 0.321 e. The van der Waals surface area contributed by atoms with Gasteiger partial charge in [0.05, 0.1) is 13.0 Å². The third kappa shape index (κ3) is 7.30. The summed E-state index contributed by atoms with van der Waals surface area (Å²) >= 11 is 0. The molecular weight excluding hydrogens is 403 g/mol. The number of aryl methyl sites for hydroxylation is 1. The quantitative estimate of drug-likeness (QED) is 0.421. The minimum Gasteiger partial charge on any atom is -0.463 e. The van der Waals surface area contributed by atoms with Gasteiger partial charge in [-0.25, -0.2) is 4.39 Å². The van der Waals surface area contributed by atoms with Crippen molar-refractivity contribution in [1.82, 2.24) is 30.0 Å². The number of carbonyl (C=O) groups excluding carboxylic acids is 1. The highest BCUT2D eigenvalue weighted by Crippen LogP contribution is 2.15. The topological polar surface area (TPSA) is 121 Å². The molecule has 3 rings (SSSR count). The molecule has 10 nitrogen and oxygen atoms in total. The summed E-state index contributed by atoms with van der Waals surface area (Å²) in [4.78, 5) is 26.9. The zero-order valence-electron chi connectivity index (χ0n) is 17.6. The molecule has 0 saturated heterocycles. The van der Waals surface area contributed by atoms with Crippen molar-refractivity contribution in [2.45, 2.75) is 19.8 Å². The fourth-order valence-electron chi connectivity index (χ4n) is 2.70. The Bertz CT molecular complexity index is 1020. The number of aromatic amines is 1. The van der Waals surface area contributed by atoms with Crippen molar-refractivity contribution in [3.05, 3.63) is 47.7 Å². The number of amides is 1. The van der Waals surface area contributed by atoms with Crippen LogP contribution in [0.15, 0.2) is 30.3 Å². The molecule has 1 aromatic carbocycles. The molecule has 31 heavy (non-hydrogen) atoms. The molecule has 0 fully saturated rings. The summed E-state index contributed by atoms with van der Waals surface area (Å²) in [5.41, 5.74) is 0.962. The molecule has 0 atom stereocenters. The second-order valence-corrected chi connectivity index (χ2v) is 7.13. The molecule has 0 unspecified atom stereocenters. The molecular formula is C20H25FN8O2. The minimum absolute atomic E-state index is 0.0433. The zero-order valence-corrected chi connectivity index (χ0v) is 17.6. The number of aromatic nitrogens is 5. The van der Waals surface area contributed by atoms with E-state index in [0.29, 0.717) is 29.6 Å². The van der Waals surface area contributed by atoms with Crippen LogP contribution in [0.3, 0.4) is 0 Å². The summed E-state index contributed by atoms with van der Waals surface area (Å²) in [5.74, 6) is 0.519. The first kappa shape index (κ1) is 22.1. The predicted octanol–water partition coefficient (Wildman–Crippen LogP) is 2.30. The largest absolute Gasteiger partial charge is 0.463 e. The summed E-state index contributed by atoms with van der Waals surface area (Å²) in [6.45, 7) is 3.14. The second-order valence-electron chi connectivity index (χ2n) is 7.13. The lowest BCUT2D eigenvalue weighted by molar-refractivity contribution is -0.115. The molecule has 2 aromatic heterocycles. The Morgan fingerprint density at radius 2 is 2.06 bits per heavy atom. The lowest BCUT2D eigenvalue weighted by Gasteiger charge is -2.10. The van der Waals surface area contributed by atoms with E-state index in [0.717, 1.165) is 13.0 Å². The minimum atomic E-state index is -0.417. The number of ether oxygens (including phenoxy) is 1. The van der Waals surface area contributed by atoms with Crippen LogP contribution < -0.4 is 15.4 Å². The number of H-pyrrole nitrogens is 1. The van der Waals surface area contributed by atoms with E-state index in [1.165, 1.54) is 18.2 Å². The molecule has 0 aliphatic heterocycles. The summed E-state index contributed by atoms with van der Waals surface area (Å²) in [6.07, 6.45) is 0.891. The number of nitrogens with one attached hydrogen (secondary N) is 3. The molecule has 164 valence electrons. The average Bonchev–Trinajstić information content (AvgIpc) is 3.11. The third-order valence-electron chi connectivity index (χ3n) is 4.04. The van der Waals surface area contributed by atoms with Crippen LogP contribution in [0, 0.1) is 12.7 Å². The van der Waals surface area contributed by atoms with Gasteiger partial charge >= 0.3 is 6.01 Å². The average molecular weight is 428 g/mol. The van der Waals surface area contributed by atoms with Crippen molar-refractivity contribution in [2.75, 3.05) is 37.9 Å². The Morgan fingerprint density at radius 3 is 2.84 bits per heavy atom. The molecule has 0 saturated carbocycles. The third-order valence-corrected chi connectivity index (χ3v) is 4.04. The Kier molecular flexibility index (Phi) is 7.44. The molecule has 11 heteroatoms. The van der Waals surface area contributed by atoms with Crippen molar-refractivity contribution in [3.8, 4) is 6.01 Å². The van der Waals surface area contributed by atoms with E-state index in [4.69, 9.17) is 4.74 Å². The number of benzene rings is 1. The first-order valence-electron chi connectivity index (χ1n) is 9.74. The summed E-state index contributed by atoms with van der Waals surface area (Å²) in [6, 6.07) is 7.61. The number of hydrogen-bond donors (Lipinski definition) is 3. The van der Waals surface area contributed by atoms with Gasteiger partial charge in [0, 0.05) is 24.0 Å². The number of anilines is 3. The van der Waals surface area contributed by atoms with Gasteiger partial charge in [-0.05, 0) is 45.6 Å². The molecule has 2 heterocycles. The first-order chi connectivity index (χ1) is 14.9. The molecule has 0 aliphatic carbocycles. The first-order valence-corrected chi connectivity index (χ1v) is 9.74.